The molecule has 9 heteroatoms. The Kier molecular flexibility index (Phi) is 12.2. The van der Waals surface area contributed by atoms with Crippen LogP contribution in [-0.4, -0.2) is 50.9 Å². The van der Waals surface area contributed by atoms with E-state index in [0.717, 1.165) is 28.3 Å². The molecule has 4 aromatic rings. The lowest BCUT2D eigenvalue weighted by molar-refractivity contribution is -0.140. The standard InChI is InChI=1S/C36H41N3O5S/c1-3-5-25-37-36(41)34(26-29-15-9-6-10-16-29)38(27-30-17-11-7-12-18-30)35(40)28-39(31-21-23-32(24-22-31)44-4-2)45(42,43)33-19-13-8-14-20-33/h6-24,34H,3-5,25-28H2,1-2H3,(H,37,41). The Balaban J connectivity index is 1.76. The first-order chi connectivity index (χ1) is 21.8. The van der Waals surface area contributed by atoms with Gasteiger partial charge in [-0.1, -0.05) is 92.2 Å². The Hall–Kier alpha value is -4.63. The number of rotatable bonds is 16. The number of ether oxygens (including phenoxy) is 1. The zero-order valence-corrected chi connectivity index (χ0v) is 26.7. The SMILES string of the molecule is CCCCNC(=O)C(Cc1ccccc1)N(Cc1ccccc1)C(=O)CN(c1ccc(OCC)cc1)S(=O)(=O)c1ccccc1. The molecule has 45 heavy (non-hydrogen) atoms. The van der Waals surface area contributed by atoms with E-state index in [2.05, 4.69) is 5.32 Å². The van der Waals surface area contributed by atoms with E-state index in [1.54, 1.807) is 42.5 Å². The summed E-state index contributed by atoms with van der Waals surface area (Å²) in [5.41, 5.74) is 2.02. The Morgan fingerprint density at radius 3 is 1.93 bits per heavy atom. The number of anilines is 1. The fraction of sp³-hybridized carbons (Fsp3) is 0.278. The summed E-state index contributed by atoms with van der Waals surface area (Å²) in [6.07, 6.45) is 1.98. The maximum Gasteiger partial charge on any atom is 0.264 e. The molecule has 0 aliphatic rings. The number of nitrogens with one attached hydrogen (secondary N) is 1. The lowest BCUT2D eigenvalue weighted by atomic mass is 10.0. The summed E-state index contributed by atoms with van der Waals surface area (Å²) in [6, 6.07) is 32.7. The zero-order chi connectivity index (χ0) is 32.1. The number of benzene rings is 4. The highest BCUT2D eigenvalue weighted by atomic mass is 32.2. The Bertz CT molecular complexity index is 1600. The quantitative estimate of drug-likeness (QED) is 0.158. The van der Waals surface area contributed by atoms with Gasteiger partial charge < -0.3 is 15.0 Å². The van der Waals surface area contributed by atoms with E-state index in [1.807, 2.05) is 74.5 Å². The van der Waals surface area contributed by atoms with Crippen LogP contribution in [0.2, 0.25) is 0 Å². The number of carbonyl (C=O) groups is 2. The molecule has 0 heterocycles. The summed E-state index contributed by atoms with van der Waals surface area (Å²) in [6.45, 7) is 4.47. The molecule has 0 saturated heterocycles. The zero-order valence-electron chi connectivity index (χ0n) is 25.8. The molecule has 0 aliphatic carbocycles. The summed E-state index contributed by atoms with van der Waals surface area (Å²) in [5.74, 6) is -0.198. The first-order valence-electron chi connectivity index (χ1n) is 15.3. The molecule has 8 nitrogen and oxygen atoms in total. The smallest absolute Gasteiger partial charge is 0.264 e. The van der Waals surface area contributed by atoms with Crippen molar-refractivity contribution in [2.24, 2.45) is 0 Å². The normalized spacial score (nSPS) is 11.8. The molecule has 0 fully saturated rings. The minimum Gasteiger partial charge on any atom is -0.494 e. The van der Waals surface area contributed by atoms with E-state index in [1.165, 1.54) is 17.0 Å². The van der Waals surface area contributed by atoms with E-state index >= 15 is 0 Å². The molecule has 0 radical (unpaired) electrons. The van der Waals surface area contributed by atoms with Gasteiger partial charge in [-0.3, -0.25) is 13.9 Å². The molecule has 236 valence electrons. The topological polar surface area (TPSA) is 96.0 Å². The van der Waals surface area contributed by atoms with Crippen LogP contribution in [0.5, 0.6) is 5.75 Å². The number of unbranched alkanes of at least 4 members (excludes halogenated alkanes) is 1. The van der Waals surface area contributed by atoms with Gasteiger partial charge in [0.2, 0.25) is 11.8 Å². The van der Waals surface area contributed by atoms with Crippen LogP contribution in [0.3, 0.4) is 0 Å². The van der Waals surface area contributed by atoms with Crippen LogP contribution in [0.1, 0.15) is 37.8 Å². The predicted octanol–water partition coefficient (Wildman–Crippen LogP) is 5.84. The molecule has 0 aliphatic heterocycles. The van der Waals surface area contributed by atoms with Crippen LogP contribution in [0, 0.1) is 0 Å². The highest BCUT2D eigenvalue weighted by molar-refractivity contribution is 7.92. The van der Waals surface area contributed by atoms with Gasteiger partial charge in [0.1, 0.15) is 18.3 Å². The van der Waals surface area contributed by atoms with Crippen LogP contribution in [0.15, 0.2) is 120 Å². The number of amides is 2. The third-order valence-corrected chi connectivity index (χ3v) is 9.13. The van der Waals surface area contributed by atoms with Crippen LogP contribution in [0.4, 0.5) is 5.69 Å². The molecule has 0 bridgehead atoms. The van der Waals surface area contributed by atoms with Crippen molar-refractivity contribution in [3.63, 3.8) is 0 Å². The highest BCUT2D eigenvalue weighted by Gasteiger charge is 2.34. The van der Waals surface area contributed by atoms with Crippen LogP contribution < -0.4 is 14.4 Å². The summed E-state index contributed by atoms with van der Waals surface area (Å²) >= 11 is 0. The van der Waals surface area contributed by atoms with Crippen molar-refractivity contribution in [1.29, 1.82) is 0 Å². The average Bonchev–Trinajstić information content (AvgIpc) is 3.07. The summed E-state index contributed by atoms with van der Waals surface area (Å²) < 4.78 is 34.8. The fourth-order valence-electron chi connectivity index (χ4n) is 4.96. The molecule has 0 aromatic heterocycles. The van der Waals surface area contributed by atoms with Gasteiger partial charge >= 0.3 is 0 Å². The summed E-state index contributed by atoms with van der Waals surface area (Å²) in [7, 11) is -4.16. The van der Waals surface area contributed by atoms with Crippen molar-refractivity contribution in [3.05, 3.63) is 126 Å². The van der Waals surface area contributed by atoms with Gasteiger partial charge in [-0.25, -0.2) is 8.42 Å². The van der Waals surface area contributed by atoms with Crippen LogP contribution >= 0.6 is 0 Å². The van der Waals surface area contributed by atoms with Crippen molar-refractivity contribution in [2.45, 2.75) is 50.6 Å². The van der Waals surface area contributed by atoms with Crippen molar-refractivity contribution in [1.82, 2.24) is 10.2 Å². The predicted molar refractivity (Wildman–Crippen MR) is 177 cm³/mol. The fourth-order valence-corrected chi connectivity index (χ4v) is 6.40. The molecule has 4 aromatic carbocycles. The van der Waals surface area contributed by atoms with E-state index in [4.69, 9.17) is 4.74 Å². The minimum atomic E-state index is -4.16. The second-order valence-electron chi connectivity index (χ2n) is 10.6. The van der Waals surface area contributed by atoms with Gasteiger partial charge in [0.15, 0.2) is 0 Å². The molecule has 2 amide bonds. The molecular weight excluding hydrogens is 586 g/mol. The number of nitrogens with zero attached hydrogens (tertiary/aromatic N) is 2. The van der Waals surface area contributed by atoms with Gasteiger partial charge in [0.05, 0.1) is 17.2 Å². The van der Waals surface area contributed by atoms with Gasteiger partial charge in [0, 0.05) is 19.5 Å². The Labute approximate surface area is 266 Å². The van der Waals surface area contributed by atoms with E-state index < -0.39 is 28.5 Å². The molecule has 0 spiro atoms. The number of sulfonamides is 1. The van der Waals surface area contributed by atoms with Crippen LogP contribution in [0.25, 0.3) is 0 Å². The van der Waals surface area contributed by atoms with E-state index in [-0.39, 0.29) is 23.8 Å². The maximum atomic E-state index is 14.5. The lowest BCUT2D eigenvalue weighted by Gasteiger charge is -2.34. The molecule has 1 atom stereocenters. The maximum absolute atomic E-state index is 14.5. The lowest BCUT2D eigenvalue weighted by Crippen LogP contribution is -2.53. The molecule has 0 saturated carbocycles. The van der Waals surface area contributed by atoms with E-state index in [0.29, 0.717) is 24.6 Å². The van der Waals surface area contributed by atoms with Gasteiger partial charge in [-0.15, -0.1) is 0 Å². The second kappa shape index (κ2) is 16.4. The molecule has 1 unspecified atom stereocenters. The van der Waals surface area contributed by atoms with Crippen molar-refractivity contribution in [3.8, 4) is 5.75 Å². The summed E-state index contributed by atoms with van der Waals surface area (Å²) in [5, 5.41) is 3.01. The summed E-state index contributed by atoms with van der Waals surface area (Å²) in [4.78, 5) is 29.8. The second-order valence-corrected chi connectivity index (χ2v) is 12.5. The Morgan fingerprint density at radius 1 is 0.778 bits per heavy atom. The average molecular weight is 628 g/mol. The number of hydrogen-bond acceptors (Lipinski definition) is 5. The van der Waals surface area contributed by atoms with Crippen LogP contribution in [-0.2, 0) is 32.6 Å². The van der Waals surface area contributed by atoms with Crippen molar-refractivity contribution >= 4 is 27.5 Å². The third kappa shape index (κ3) is 9.18. The van der Waals surface area contributed by atoms with Gasteiger partial charge in [0.25, 0.3) is 10.0 Å². The first-order valence-corrected chi connectivity index (χ1v) is 16.7. The number of carbonyl (C=O) groups excluding carboxylic acids is 2. The molecule has 4 rings (SSSR count). The Morgan fingerprint density at radius 2 is 1.36 bits per heavy atom. The van der Waals surface area contributed by atoms with Crippen molar-refractivity contribution in [2.75, 3.05) is 24.0 Å². The molecular formula is C36H41N3O5S. The monoisotopic (exact) mass is 627 g/mol. The highest BCUT2D eigenvalue weighted by Crippen LogP contribution is 2.27. The van der Waals surface area contributed by atoms with Crippen molar-refractivity contribution < 1.29 is 22.7 Å². The largest absolute Gasteiger partial charge is 0.494 e. The third-order valence-electron chi connectivity index (χ3n) is 7.34. The van der Waals surface area contributed by atoms with Gasteiger partial charge in [-0.05, 0) is 60.9 Å². The minimum absolute atomic E-state index is 0.0550. The number of hydrogen-bond donors (Lipinski definition) is 1. The van der Waals surface area contributed by atoms with E-state index in [9.17, 15) is 18.0 Å². The van der Waals surface area contributed by atoms with Gasteiger partial charge in [-0.2, -0.15) is 0 Å². The first kappa shape index (κ1) is 33.3. The molecule has 1 N–H and O–H groups in total.